The number of hydrogen-bond acceptors (Lipinski definition) is 1. The molecule has 6 heteroatoms. The molecule has 0 bridgehead atoms. The van der Waals surface area contributed by atoms with Crippen molar-refractivity contribution in [2.45, 2.75) is 6.92 Å². The second kappa shape index (κ2) is 6.12. The Hall–Kier alpha value is -1.10. The van der Waals surface area contributed by atoms with Gasteiger partial charge in [0.1, 0.15) is 5.82 Å². The molecule has 2 aromatic carbocycles. The monoisotopic (exact) mass is 375 g/mol. The molecule has 2 nitrogen and oxygen atoms in total. The zero-order valence-electron chi connectivity index (χ0n) is 10.3. The molecule has 0 aromatic heterocycles. The smallest absolute Gasteiger partial charge is 0.255 e. The molecular weight excluding hydrogens is 368 g/mol. The summed E-state index contributed by atoms with van der Waals surface area (Å²) in [6.45, 7) is 1.84. The maximum Gasteiger partial charge on any atom is 0.255 e. The van der Waals surface area contributed by atoms with E-state index in [1.807, 2.05) is 6.92 Å². The number of carbonyl (C=O) groups is 1. The lowest BCUT2D eigenvalue weighted by Gasteiger charge is -2.10. The SMILES string of the molecule is Cc1cc(Cl)cc(C(=O)Nc2c(Cl)cc(F)cc2Br)c1. The van der Waals surface area contributed by atoms with Crippen LogP contribution in [-0.2, 0) is 0 Å². The second-order valence-corrected chi connectivity index (χ2v) is 5.91. The summed E-state index contributed by atoms with van der Waals surface area (Å²) in [6.07, 6.45) is 0. The first kappa shape index (κ1) is 15.3. The quantitative estimate of drug-likeness (QED) is 0.741. The molecule has 0 atom stereocenters. The molecule has 0 heterocycles. The topological polar surface area (TPSA) is 29.1 Å². The molecule has 2 rings (SSSR count). The predicted octanol–water partition coefficient (Wildman–Crippen LogP) is 5.46. The van der Waals surface area contributed by atoms with E-state index in [1.54, 1.807) is 18.2 Å². The summed E-state index contributed by atoms with van der Waals surface area (Å²) in [7, 11) is 0. The highest BCUT2D eigenvalue weighted by Crippen LogP contribution is 2.32. The number of carbonyl (C=O) groups excluding carboxylic acids is 1. The maximum atomic E-state index is 13.1. The summed E-state index contributed by atoms with van der Waals surface area (Å²) in [5.41, 5.74) is 1.59. The number of rotatable bonds is 2. The van der Waals surface area contributed by atoms with E-state index >= 15 is 0 Å². The molecule has 0 radical (unpaired) electrons. The van der Waals surface area contributed by atoms with Gasteiger partial charge in [-0.1, -0.05) is 23.2 Å². The van der Waals surface area contributed by atoms with Gasteiger partial charge >= 0.3 is 0 Å². The van der Waals surface area contributed by atoms with Crippen molar-refractivity contribution in [3.05, 3.63) is 61.8 Å². The zero-order chi connectivity index (χ0) is 14.9. The molecule has 0 fully saturated rings. The minimum atomic E-state index is -0.488. The third-order valence-electron chi connectivity index (χ3n) is 2.55. The Morgan fingerprint density at radius 1 is 1.20 bits per heavy atom. The van der Waals surface area contributed by atoms with E-state index < -0.39 is 5.82 Å². The van der Waals surface area contributed by atoms with Crippen LogP contribution in [0.25, 0.3) is 0 Å². The van der Waals surface area contributed by atoms with Gasteiger partial charge in [-0.25, -0.2) is 4.39 Å². The largest absolute Gasteiger partial charge is 0.320 e. The molecule has 1 amide bonds. The van der Waals surface area contributed by atoms with Crippen molar-refractivity contribution in [3.63, 3.8) is 0 Å². The molecule has 1 N–H and O–H groups in total. The van der Waals surface area contributed by atoms with Crippen molar-refractivity contribution in [1.82, 2.24) is 0 Å². The number of anilines is 1. The van der Waals surface area contributed by atoms with Crippen molar-refractivity contribution < 1.29 is 9.18 Å². The third-order valence-corrected chi connectivity index (χ3v) is 3.69. The van der Waals surface area contributed by atoms with Crippen LogP contribution >= 0.6 is 39.1 Å². The van der Waals surface area contributed by atoms with Crippen LogP contribution in [-0.4, -0.2) is 5.91 Å². The van der Waals surface area contributed by atoms with Crippen molar-refractivity contribution in [2.75, 3.05) is 5.32 Å². The summed E-state index contributed by atoms with van der Waals surface area (Å²) < 4.78 is 13.5. The van der Waals surface area contributed by atoms with Crippen LogP contribution in [0, 0.1) is 12.7 Å². The average Bonchev–Trinajstić information content (AvgIpc) is 2.32. The molecule has 0 unspecified atom stereocenters. The molecule has 0 saturated carbocycles. The van der Waals surface area contributed by atoms with E-state index in [-0.39, 0.29) is 10.9 Å². The summed E-state index contributed by atoms with van der Waals surface area (Å²) >= 11 is 15.0. The number of halogens is 4. The van der Waals surface area contributed by atoms with E-state index in [0.29, 0.717) is 20.7 Å². The molecule has 20 heavy (non-hydrogen) atoms. The lowest BCUT2D eigenvalue weighted by atomic mass is 10.1. The minimum absolute atomic E-state index is 0.115. The molecule has 104 valence electrons. The van der Waals surface area contributed by atoms with E-state index in [1.165, 1.54) is 6.07 Å². The van der Waals surface area contributed by atoms with Crippen LogP contribution in [0.3, 0.4) is 0 Å². The molecule has 0 saturated heterocycles. The first-order valence-corrected chi connectivity index (χ1v) is 7.15. The first-order valence-electron chi connectivity index (χ1n) is 5.60. The molecule has 2 aromatic rings. The summed E-state index contributed by atoms with van der Waals surface area (Å²) in [5, 5.41) is 3.22. The van der Waals surface area contributed by atoms with Gasteiger partial charge in [-0.2, -0.15) is 0 Å². The van der Waals surface area contributed by atoms with Crippen molar-refractivity contribution >= 4 is 50.7 Å². The van der Waals surface area contributed by atoms with Gasteiger partial charge in [-0.3, -0.25) is 4.79 Å². The average molecular weight is 377 g/mol. The Kier molecular flexibility index (Phi) is 4.68. The standard InChI is InChI=1S/C14H9BrCl2FNO/c1-7-2-8(4-9(16)3-7)14(20)19-13-11(15)5-10(18)6-12(13)17/h2-6H,1H3,(H,19,20). The van der Waals surface area contributed by atoms with Crippen molar-refractivity contribution in [2.24, 2.45) is 0 Å². The predicted molar refractivity (Wildman–Crippen MR) is 83.3 cm³/mol. The van der Waals surface area contributed by atoms with Crippen molar-refractivity contribution in [3.8, 4) is 0 Å². The molecule has 0 aliphatic heterocycles. The summed E-state index contributed by atoms with van der Waals surface area (Å²) in [4.78, 5) is 12.2. The van der Waals surface area contributed by atoms with Crippen LogP contribution in [0.4, 0.5) is 10.1 Å². The fraction of sp³-hybridized carbons (Fsp3) is 0.0714. The fourth-order valence-electron chi connectivity index (χ4n) is 1.71. The Balaban J connectivity index is 2.32. The van der Waals surface area contributed by atoms with Gasteiger partial charge < -0.3 is 5.32 Å². The molecule has 0 aliphatic carbocycles. The van der Waals surface area contributed by atoms with Gasteiger partial charge in [-0.05, 0) is 58.7 Å². The van der Waals surface area contributed by atoms with E-state index in [9.17, 15) is 9.18 Å². The van der Waals surface area contributed by atoms with Gasteiger partial charge in [0.05, 0.1) is 10.7 Å². The summed E-state index contributed by atoms with van der Waals surface area (Å²) in [6, 6.07) is 7.36. The Labute approximate surface area is 134 Å². The van der Waals surface area contributed by atoms with Gasteiger partial charge in [0.15, 0.2) is 0 Å². The fourth-order valence-corrected chi connectivity index (χ4v) is 2.90. The van der Waals surface area contributed by atoms with Crippen LogP contribution in [0.2, 0.25) is 10.0 Å². The first-order chi connectivity index (χ1) is 9.36. The lowest BCUT2D eigenvalue weighted by Crippen LogP contribution is -2.13. The highest BCUT2D eigenvalue weighted by atomic mass is 79.9. The van der Waals surface area contributed by atoms with Gasteiger partial charge in [-0.15, -0.1) is 0 Å². The Morgan fingerprint density at radius 3 is 2.50 bits per heavy atom. The van der Waals surface area contributed by atoms with E-state index in [0.717, 1.165) is 11.6 Å². The van der Waals surface area contributed by atoms with Crippen LogP contribution in [0.15, 0.2) is 34.8 Å². The Morgan fingerprint density at radius 2 is 1.90 bits per heavy atom. The second-order valence-electron chi connectivity index (χ2n) is 4.22. The highest BCUT2D eigenvalue weighted by Gasteiger charge is 2.13. The van der Waals surface area contributed by atoms with E-state index in [2.05, 4.69) is 21.2 Å². The minimum Gasteiger partial charge on any atom is -0.320 e. The number of benzene rings is 2. The van der Waals surface area contributed by atoms with Crippen LogP contribution in [0.1, 0.15) is 15.9 Å². The number of nitrogens with one attached hydrogen (secondary N) is 1. The lowest BCUT2D eigenvalue weighted by molar-refractivity contribution is 0.102. The number of hydrogen-bond donors (Lipinski definition) is 1. The summed E-state index contributed by atoms with van der Waals surface area (Å²) in [5.74, 6) is -0.858. The van der Waals surface area contributed by atoms with Crippen LogP contribution in [0.5, 0.6) is 0 Å². The highest BCUT2D eigenvalue weighted by molar-refractivity contribution is 9.10. The third kappa shape index (κ3) is 3.51. The van der Waals surface area contributed by atoms with Crippen LogP contribution < -0.4 is 5.32 Å². The van der Waals surface area contributed by atoms with E-state index in [4.69, 9.17) is 23.2 Å². The molecular formula is C14H9BrCl2FNO. The van der Waals surface area contributed by atoms with Gasteiger partial charge in [0.2, 0.25) is 0 Å². The molecule has 0 spiro atoms. The van der Waals surface area contributed by atoms with Gasteiger partial charge in [0, 0.05) is 15.1 Å². The normalized spacial score (nSPS) is 10.4. The Bertz CT molecular complexity index is 648. The van der Waals surface area contributed by atoms with Gasteiger partial charge in [0.25, 0.3) is 5.91 Å². The van der Waals surface area contributed by atoms with Crippen molar-refractivity contribution in [1.29, 1.82) is 0 Å². The number of aryl methyl sites for hydroxylation is 1. The maximum absolute atomic E-state index is 13.1. The number of amides is 1. The zero-order valence-corrected chi connectivity index (χ0v) is 13.4. The molecule has 0 aliphatic rings.